The molecule has 1 aromatic rings. The van der Waals surface area contributed by atoms with Crippen LogP contribution >= 0.6 is 0 Å². The fraction of sp³-hybridized carbons (Fsp3) is 0.333. The number of ether oxygens (including phenoxy) is 1. The minimum atomic E-state index is 0.128. The molecule has 1 aliphatic heterocycles. The summed E-state index contributed by atoms with van der Waals surface area (Å²) >= 11 is 0. The number of epoxide rings is 1. The standard InChI is InChI=1S/C9H10O2/c10-9-4-2-1-3-7(9)5-8-6-11-8/h1-4,8,10H,5-6H2/p-1. The Morgan fingerprint density at radius 1 is 1.45 bits per heavy atom. The molecule has 0 bridgehead atoms. The van der Waals surface area contributed by atoms with Crippen molar-refractivity contribution in [2.45, 2.75) is 12.5 Å². The van der Waals surface area contributed by atoms with Gasteiger partial charge in [-0.25, -0.2) is 0 Å². The lowest BCUT2D eigenvalue weighted by atomic mass is 10.1. The Hall–Kier alpha value is -1.02. The van der Waals surface area contributed by atoms with Gasteiger partial charge in [0.2, 0.25) is 0 Å². The summed E-state index contributed by atoms with van der Waals surface area (Å²) < 4.78 is 5.03. The molecular formula is C9H9O2-. The van der Waals surface area contributed by atoms with Gasteiger partial charge in [-0.05, 0) is 0 Å². The second-order valence-corrected chi connectivity index (χ2v) is 2.77. The molecule has 11 heavy (non-hydrogen) atoms. The first kappa shape index (κ1) is 6.68. The Morgan fingerprint density at radius 2 is 2.18 bits per heavy atom. The summed E-state index contributed by atoms with van der Waals surface area (Å²) in [5.41, 5.74) is 0.870. The van der Waals surface area contributed by atoms with Gasteiger partial charge in [0, 0.05) is 6.42 Å². The predicted octanol–water partition coefficient (Wildman–Crippen LogP) is 0.701. The van der Waals surface area contributed by atoms with Crippen molar-refractivity contribution in [3.05, 3.63) is 29.8 Å². The molecule has 1 atom stereocenters. The van der Waals surface area contributed by atoms with Crippen LogP contribution in [0.4, 0.5) is 0 Å². The van der Waals surface area contributed by atoms with Crippen molar-refractivity contribution >= 4 is 0 Å². The van der Waals surface area contributed by atoms with Gasteiger partial charge in [0.25, 0.3) is 0 Å². The first-order chi connectivity index (χ1) is 5.36. The summed E-state index contributed by atoms with van der Waals surface area (Å²) in [6.07, 6.45) is 1.09. The first-order valence-corrected chi connectivity index (χ1v) is 3.73. The summed E-state index contributed by atoms with van der Waals surface area (Å²) in [4.78, 5) is 0. The number of para-hydroxylation sites is 1. The minimum Gasteiger partial charge on any atom is -0.872 e. The maximum Gasteiger partial charge on any atom is 0.0849 e. The van der Waals surface area contributed by atoms with Crippen LogP contribution < -0.4 is 5.11 Å². The molecule has 0 aromatic heterocycles. The molecule has 1 aliphatic rings. The van der Waals surface area contributed by atoms with Crippen molar-refractivity contribution < 1.29 is 9.84 Å². The lowest BCUT2D eigenvalue weighted by molar-refractivity contribution is -0.269. The second kappa shape index (κ2) is 2.55. The van der Waals surface area contributed by atoms with E-state index >= 15 is 0 Å². The van der Waals surface area contributed by atoms with E-state index in [0.717, 1.165) is 18.6 Å². The fourth-order valence-corrected chi connectivity index (χ4v) is 1.10. The quantitative estimate of drug-likeness (QED) is 0.580. The van der Waals surface area contributed by atoms with E-state index in [0.29, 0.717) is 6.10 Å². The third kappa shape index (κ3) is 1.52. The van der Waals surface area contributed by atoms with E-state index in [-0.39, 0.29) is 5.75 Å². The highest BCUT2D eigenvalue weighted by molar-refractivity contribution is 5.31. The Kier molecular flexibility index (Phi) is 1.55. The number of hydrogen-bond acceptors (Lipinski definition) is 2. The van der Waals surface area contributed by atoms with Crippen molar-refractivity contribution in [3.63, 3.8) is 0 Å². The van der Waals surface area contributed by atoms with Gasteiger partial charge in [0.05, 0.1) is 12.7 Å². The van der Waals surface area contributed by atoms with Crippen molar-refractivity contribution in [2.24, 2.45) is 0 Å². The van der Waals surface area contributed by atoms with Gasteiger partial charge >= 0.3 is 0 Å². The largest absolute Gasteiger partial charge is 0.872 e. The Labute approximate surface area is 65.4 Å². The molecule has 2 rings (SSSR count). The van der Waals surface area contributed by atoms with Gasteiger partial charge in [-0.15, -0.1) is 5.75 Å². The molecule has 0 amide bonds. The van der Waals surface area contributed by atoms with E-state index in [1.54, 1.807) is 12.1 Å². The molecule has 0 saturated carbocycles. The van der Waals surface area contributed by atoms with Crippen molar-refractivity contribution in [1.29, 1.82) is 0 Å². The lowest BCUT2D eigenvalue weighted by Crippen LogP contribution is -1.99. The SMILES string of the molecule is [O-]c1ccccc1CC1CO1. The third-order valence-corrected chi connectivity index (χ3v) is 1.82. The van der Waals surface area contributed by atoms with Crippen LogP contribution in [0.25, 0.3) is 0 Å². The van der Waals surface area contributed by atoms with Crippen LogP contribution in [0, 0.1) is 0 Å². The Bertz CT molecular complexity index is 253. The zero-order valence-corrected chi connectivity index (χ0v) is 6.12. The van der Waals surface area contributed by atoms with E-state index in [1.165, 1.54) is 0 Å². The molecule has 1 heterocycles. The minimum absolute atomic E-state index is 0.128. The first-order valence-electron chi connectivity index (χ1n) is 3.73. The Balaban J connectivity index is 2.15. The van der Waals surface area contributed by atoms with Gasteiger partial charge in [0.15, 0.2) is 0 Å². The summed E-state index contributed by atoms with van der Waals surface area (Å²) in [5.74, 6) is 0.128. The van der Waals surface area contributed by atoms with Crippen molar-refractivity contribution in [3.8, 4) is 5.75 Å². The molecule has 2 heteroatoms. The second-order valence-electron chi connectivity index (χ2n) is 2.77. The van der Waals surface area contributed by atoms with Crippen molar-refractivity contribution in [1.82, 2.24) is 0 Å². The van der Waals surface area contributed by atoms with Crippen molar-refractivity contribution in [2.75, 3.05) is 6.61 Å². The highest BCUT2D eigenvalue weighted by Crippen LogP contribution is 2.20. The highest BCUT2D eigenvalue weighted by atomic mass is 16.6. The maximum atomic E-state index is 11.1. The fourth-order valence-electron chi connectivity index (χ4n) is 1.10. The molecule has 58 valence electrons. The number of rotatable bonds is 2. The van der Waals surface area contributed by atoms with Gasteiger partial charge in [-0.3, -0.25) is 0 Å². The molecule has 1 aromatic carbocycles. The summed E-state index contributed by atoms with van der Waals surface area (Å²) in [6, 6.07) is 7.11. The maximum absolute atomic E-state index is 11.1. The molecular weight excluding hydrogens is 140 g/mol. The normalized spacial score (nSPS) is 21.6. The van der Waals surface area contributed by atoms with Gasteiger partial charge in [-0.1, -0.05) is 29.8 Å². The summed E-state index contributed by atoms with van der Waals surface area (Å²) in [7, 11) is 0. The molecule has 1 unspecified atom stereocenters. The lowest BCUT2D eigenvalue weighted by Gasteiger charge is -2.10. The molecule has 0 radical (unpaired) electrons. The summed E-state index contributed by atoms with van der Waals surface area (Å²) in [6.45, 7) is 0.814. The van der Waals surface area contributed by atoms with E-state index in [9.17, 15) is 5.11 Å². The molecule has 0 N–H and O–H groups in total. The average molecular weight is 149 g/mol. The predicted molar refractivity (Wildman–Crippen MR) is 39.3 cm³/mol. The number of benzene rings is 1. The van der Waals surface area contributed by atoms with Crippen LogP contribution in [0.15, 0.2) is 24.3 Å². The average Bonchev–Trinajstić information content (AvgIpc) is 2.78. The topological polar surface area (TPSA) is 35.6 Å². The monoisotopic (exact) mass is 149 g/mol. The molecule has 0 aliphatic carbocycles. The zero-order chi connectivity index (χ0) is 7.68. The van der Waals surface area contributed by atoms with Crippen LogP contribution in [0.3, 0.4) is 0 Å². The molecule has 2 nitrogen and oxygen atoms in total. The van der Waals surface area contributed by atoms with E-state index in [2.05, 4.69) is 0 Å². The third-order valence-electron chi connectivity index (χ3n) is 1.82. The van der Waals surface area contributed by atoms with E-state index < -0.39 is 0 Å². The summed E-state index contributed by atoms with van der Waals surface area (Å²) in [5, 5.41) is 11.1. The zero-order valence-electron chi connectivity index (χ0n) is 6.12. The van der Waals surface area contributed by atoms with Crippen LogP contribution in [0.5, 0.6) is 5.75 Å². The van der Waals surface area contributed by atoms with Gasteiger partial charge in [-0.2, -0.15) is 0 Å². The van der Waals surface area contributed by atoms with Gasteiger partial charge in [0.1, 0.15) is 0 Å². The Morgan fingerprint density at radius 3 is 2.82 bits per heavy atom. The van der Waals surface area contributed by atoms with Crippen LogP contribution in [-0.4, -0.2) is 12.7 Å². The van der Waals surface area contributed by atoms with E-state index in [4.69, 9.17) is 4.74 Å². The number of hydrogen-bond donors (Lipinski definition) is 0. The highest BCUT2D eigenvalue weighted by Gasteiger charge is 2.22. The molecule has 1 fully saturated rings. The van der Waals surface area contributed by atoms with Crippen LogP contribution in [0.2, 0.25) is 0 Å². The van der Waals surface area contributed by atoms with Crippen LogP contribution in [0.1, 0.15) is 5.56 Å². The molecule has 0 spiro atoms. The smallest absolute Gasteiger partial charge is 0.0849 e. The van der Waals surface area contributed by atoms with Gasteiger partial charge < -0.3 is 9.84 Å². The van der Waals surface area contributed by atoms with Crippen LogP contribution in [-0.2, 0) is 11.2 Å². The molecule has 1 saturated heterocycles. The van der Waals surface area contributed by atoms with E-state index in [1.807, 2.05) is 12.1 Å².